The van der Waals surface area contributed by atoms with Crippen LogP contribution in [0.1, 0.15) is 35.7 Å². The molecule has 1 heterocycles. The van der Waals surface area contributed by atoms with Crippen LogP contribution in [0.25, 0.3) is 0 Å². The fourth-order valence-corrected chi connectivity index (χ4v) is 3.02. The van der Waals surface area contributed by atoms with E-state index in [2.05, 4.69) is 10.6 Å². The van der Waals surface area contributed by atoms with E-state index in [4.69, 9.17) is 4.74 Å². The zero-order valence-corrected chi connectivity index (χ0v) is 12.0. The van der Waals surface area contributed by atoms with Gasteiger partial charge in [-0.2, -0.15) is 0 Å². The van der Waals surface area contributed by atoms with Gasteiger partial charge in [0.25, 0.3) is 5.91 Å². The molecule has 2 aliphatic rings. The molecule has 0 radical (unpaired) electrons. The minimum absolute atomic E-state index is 0.0550. The zero-order valence-electron chi connectivity index (χ0n) is 12.0. The van der Waals surface area contributed by atoms with E-state index in [0.29, 0.717) is 19.3 Å². The highest BCUT2D eigenvalue weighted by atomic mass is 19.1. The van der Waals surface area contributed by atoms with Crippen LogP contribution in [-0.4, -0.2) is 30.2 Å². The van der Waals surface area contributed by atoms with Crippen molar-refractivity contribution in [2.75, 3.05) is 0 Å². The molecule has 5 nitrogen and oxygen atoms in total. The molecule has 2 bridgehead atoms. The van der Waals surface area contributed by atoms with Crippen molar-refractivity contribution in [3.05, 3.63) is 34.9 Å². The SMILES string of the molecule is CCc1cc(F)c(C(=O)N[C@@H]2C[C@@H]3C[C@H]2OC(=O)N3)cc1F. The molecule has 1 saturated carbocycles. The lowest BCUT2D eigenvalue weighted by Gasteiger charge is -2.23. The Morgan fingerprint density at radius 3 is 2.86 bits per heavy atom. The Bertz CT molecular complexity index is 635. The standard InChI is InChI=1S/C15H16F2N2O3/c1-2-7-3-11(17)9(6-10(7)16)14(20)19-12-4-8-5-13(12)22-15(21)18-8/h3,6,8,12-13H,2,4-5H2,1H3,(H,18,21)(H,19,20)/t8-,12-,13-/m1/s1. The summed E-state index contributed by atoms with van der Waals surface area (Å²) in [6.45, 7) is 1.71. The average molecular weight is 310 g/mol. The summed E-state index contributed by atoms with van der Waals surface area (Å²) in [6.07, 6.45) is 0.522. The first kappa shape index (κ1) is 14.7. The van der Waals surface area contributed by atoms with Gasteiger partial charge in [-0.05, 0) is 30.5 Å². The predicted octanol–water partition coefficient (Wildman–Crippen LogP) is 1.90. The molecule has 22 heavy (non-hydrogen) atoms. The van der Waals surface area contributed by atoms with E-state index in [1.165, 1.54) is 0 Å². The summed E-state index contributed by atoms with van der Waals surface area (Å²) in [5, 5.41) is 5.27. The van der Waals surface area contributed by atoms with Crippen LogP contribution < -0.4 is 10.6 Å². The zero-order chi connectivity index (χ0) is 15.9. The van der Waals surface area contributed by atoms with Crippen molar-refractivity contribution in [1.29, 1.82) is 0 Å². The summed E-state index contributed by atoms with van der Waals surface area (Å²) in [7, 11) is 0. The molecule has 1 aromatic rings. The highest BCUT2D eigenvalue weighted by molar-refractivity contribution is 5.94. The fourth-order valence-electron chi connectivity index (χ4n) is 3.02. The Labute approximate surface area is 126 Å². The number of carbonyl (C=O) groups excluding carboxylic acids is 2. The van der Waals surface area contributed by atoms with Gasteiger partial charge in [0.1, 0.15) is 17.7 Å². The average Bonchev–Trinajstić information content (AvgIpc) is 2.75. The summed E-state index contributed by atoms with van der Waals surface area (Å²) in [6, 6.07) is 1.50. The number of fused-ring (bicyclic) bond motifs is 2. The van der Waals surface area contributed by atoms with E-state index >= 15 is 0 Å². The van der Waals surface area contributed by atoms with Crippen LogP contribution in [0, 0.1) is 11.6 Å². The Morgan fingerprint density at radius 2 is 2.14 bits per heavy atom. The number of aryl methyl sites for hydroxylation is 1. The minimum Gasteiger partial charge on any atom is -0.444 e. The van der Waals surface area contributed by atoms with Gasteiger partial charge in [0, 0.05) is 12.5 Å². The second kappa shape index (κ2) is 5.55. The number of ether oxygens (including phenoxy) is 1. The second-order valence-electron chi connectivity index (χ2n) is 5.61. The number of nitrogens with one attached hydrogen (secondary N) is 2. The molecule has 1 aliphatic heterocycles. The lowest BCUT2D eigenvalue weighted by Crippen LogP contribution is -2.44. The van der Waals surface area contributed by atoms with E-state index in [1.54, 1.807) is 6.92 Å². The number of hydrogen-bond acceptors (Lipinski definition) is 3. The number of hydrogen-bond donors (Lipinski definition) is 2. The highest BCUT2D eigenvalue weighted by Crippen LogP contribution is 2.27. The topological polar surface area (TPSA) is 67.4 Å². The van der Waals surface area contributed by atoms with Gasteiger partial charge in [-0.25, -0.2) is 13.6 Å². The molecule has 1 aliphatic carbocycles. The van der Waals surface area contributed by atoms with Crippen molar-refractivity contribution < 1.29 is 23.1 Å². The third kappa shape index (κ3) is 2.63. The van der Waals surface area contributed by atoms with Gasteiger partial charge in [0.05, 0.1) is 11.6 Å². The first-order chi connectivity index (χ1) is 10.5. The van der Waals surface area contributed by atoms with Crippen molar-refractivity contribution in [2.24, 2.45) is 0 Å². The van der Waals surface area contributed by atoms with Crippen LogP contribution in [0.3, 0.4) is 0 Å². The Balaban J connectivity index is 1.75. The van der Waals surface area contributed by atoms with Crippen molar-refractivity contribution in [3.8, 4) is 0 Å². The van der Waals surface area contributed by atoms with E-state index in [-0.39, 0.29) is 17.2 Å². The molecule has 1 saturated heterocycles. The first-order valence-corrected chi connectivity index (χ1v) is 7.24. The van der Waals surface area contributed by atoms with E-state index in [1.807, 2.05) is 0 Å². The number of alkyl carbamates (subject to hydrolysis) is 1. The Hall–Kier alpha value is -2.18. The molecule has 7 heteroatoms. The summed E-state index contributed by atoms with van der Waals surface area (Å²) in [5.74, 6) is -2.06. The predicted molar refractivity (Wildman–Crippen MR) is 73.4 cm³/mol. The van der Waals surface area contributed by atoms with Crippen molar-refractivity contribution in [2.45, 2.75) is 44.4 Å². The number of amides is 2. The first-order valence-electron chi connectivity index (χ1n) is 7.24. The molecule has 2 amide bonds. The molecule has 2 N–H and O–H groups in total. The van der Waals surface area contributed by atoms with Crippen molar-refractivity contribution >= 4 is 12.0 Å². The molecule has 3 rings (SSSR count). The quantitative estimate of drug-likeness (QED) is 0.896. The van der Waals surface area contributed by atoms with Gasteiger partial charge in [0.15, 0.2) is 0 Å². The summed E-state index contributed by atoms with van der Waals surface area (Å²) in [4.78, 5) is 23.4. The van der Waals surface area contributed by atoms with Gasteiger partial charge >= 0.3 is 6.09 Å². The second-order valence-corrected chi connectivity index (χ2v) is 5.61. The van der Waals surface area contributed by atoms with E-state index in [9.17, 15) is 18.4 Å². The number of halogens is 2. The van der Waals surface area contributed by atoms with E-state index < -0.39 is 35.8 Å². The molecule has 3 atom stereocenters. The van der Waals surface area contributed by atoms with Gasteiger partial charge in [-0.15, -0.1) is 0 Å². The molecular formula is C15H16F2N2O3. The third-order valence-electron chi connectivity index (χ3n) is 4.16. The summed E-state index contributed by atoms with van der Waals surface area (Å²) < 4.78 is 32.8. The maximum atomic E-state index is 13.9. The van der Waals surface area contributed by atoms with E-state index in [0.717, 1.165) is 12.1 Å². The van der Waals surface area contributed by atoms with Gasteiger partial charge in [0.2, 0.25) is 0 Å². The van der Waals surface area contributed by atoms with Gasteiger partial charge in [-0.3, -0.25) is 4.79 Å². The fraction of sp³-hybridized carbons (Fsp3) is 0.467. The number of benzene rings is 1. The largest absolute Gasteiger partial charge is 0.444 e. The van der Waals surface area contributed by atoms with Crippen LogP contribution in [-0.2, 0) is 11.2 Å². The lowest BCUT2D eigenvalue weighted by molar-refractivity contribution is 0.0658. The summed E-state index contributed by atoms with van der Waals surface area (Å²) in [5.41, 5.74) is -0.112. The Kier molecular flexibility index (Phi) is 3.72. The van der Waals surface area contributed by atoms with Crippen LogP contribution >= 0.6 is 0 Å². The smallest absolute Gasteiger partial charge is 0.407 e. The monoisotopic (exact) mass is 310 g/mol. The molecule has 2 fully saturated rings. The lowest BCUT2D eigenvalue weighted by atomic mass is 10.1. The summed E-state index contributed by atoms with van der Waals surface area (Å²) >= 11 is 0. The normalized spacial score (nSPS) is 26.3. The molecular weight excluding hydrogens is 294 g/mol. The van der Waals surface area contributed by atoms with Crippen molar-refractivity contribution in [3.63, 3.8) is 0 Å². The van der Waals surface area contributed by atoms with Crippen LogP contribution in [0.4, 0.5) is 13.6 Å². The maximum Gasteiger partial charge on any atom is 0.407 e. The van der Waals surface area contributed by atoms with Crippen LogP contribution in [0.2, 0.25) is 0 Å². The Morgan fingerprint density at radius 1 is 1.36 bits per heavy atom. The maximum absolute atomic E-state index is 13.9. The van der Waals surface area contributed by atoms with Crippen LogP contribution in [0.5, 0.6) is 0 Å². The van der Waals surface area contributed by atoms with Crippen molar-refractivity contribution in [1.82, 2.24) is 10.6 Å². The molecule has 1 aromatic carbocycles. The molecule has 0 unspecified atom stereocenters. The molecule has 118 valence electrons. The molecule has 0 spiro atoms. The number of rotatable bonds is 3. The number of carbonyl (C=O) groups is 2. The third-order valence-corrected chi connectivity index (χ3v) is 4.16. The van der Waals surface area contributed by atoms with Crippen LogP contribution in [0.15, 0.2) is 12.1 Å². The minimum atomic E-state index is -0.758. The highest BCUT2D eigenvalue weighted by Gasteiger charge is 2.42. The van der Waals surface area contributed by atoms with Gasteiger partial charge < -0.3 is 15.4 Å². The molecule has 0 aromatic heterocycles. The van der Waals surface area contributed by atoms with Gasteiger partial charge in [-0.1, -0.05) is 6.92 Å².